The zero-order chi connectivity index (χ0) is 24.7. The summed E-state index contributed by atoms with van der Waals surface area (Å²) in [6, 6.07) is 8.91. The average Bonchev–Trinajstić information content (AvgIpc) is 3.54. The maximum absolute atomic E-state index is 14.0. The number of nitrogens with one attached hydrogen (secondary N) is 2. The molecular formula is C25H26ClFN4O4. The molecule has 8 nitrogen and oxygen atoms in total. The third kappa shape index (κ3) is 5.05. The Morgan fingerprint density at radius 2 is 2.03 bits per heavy atom. The molecule has 1 aliphatic carbocycles. The van der Waals surface area contributed by atoms with Gasteiger partial charge in [0.2, 0.25) is 5.91 Å². The quantitative estimate of drug-likeness (QED) is 0.607. The Balaban J connectivity index is 1.37. The third-order valence-corrected chi connectivity index (χ3v) is 6.92. The van der Waals surface area contributed by atoms with Crippen LogP contribution < -0.4 is 15.4 Å². The molecule has 1 saturated carbocycles. The van der Waals surface area contributed by atoms with Gasteiger partial charge in [0, 0.05) is 48.8 Å². The van der Waals surface area contributed by atoms with Crippen molar-refractivity contribution in [3.63, 3.8) is 0 Å². The van der Waals surface area contributed by atoms with Gasteiger partial charge in [-0.15, -0.1) is 0 Å². The van der Waals surface area contributed by atoms with Gasteiger partial charge in [-0.3, -0.25) is 9.59 Å². The van der Waals surface area contributed by atoms with Crippen molar-refractivity contribution in [3.8, 4) is 11.5 Å². The van der Waals surface area contributed by atoms with Crippen molar-refractivity contribution in [2.24, 2.45) is 0 Å². The molecule has 2 aromatic rings. The van der Waals surface area contributed by atoms with Crippen molar-refractivity contribution in [3.05, 3.63) is 58.4 Å². The Labute approximate surface area is 207 Å². The van der Waals surface area contributed by atoms with Crippen LogP contribution in [0.4, 0.5) is 9.18 Å². The molecule has 5 rings (SSSR count). The molecule has 2 atom stereocenters. The van der Waals surface area contributed by atoms with Crippen LogP contribution in [-0.4, -0.2) is 58.9 Å². The predicted molar refractivity (Wildman–Crippen MR) is 127 cm³/mol. The molecule has 10 heteroatoms. The van der Waals surface area contributed by atoms with Crippen molar-refractivity contribution in [2.75, 3.05) is 13.1 Å². The number of urea groups is 1. The summed E-state index contributed by atoms with van der Waals surface area (Å²) < 4.78 is 20.0. The van der Waals surface area contributed by atoms with E-state index >= 15 is 0 Å². The molecule has 2 N–H and O–H groups in total. The molecule has 3 fully saturated rings. The van der Waals surface area contributed by atoms with E-state index in [1.54, 1.807) is 23.1 Å². The highest BCUT2D eigenvalue weighted by atomic mass is 35.5. The van der Waals surface area contributed by atoms with E-state index in [0.717, 1.165) is 12.8 Å². The minimum absolute atomic E-state index is 0.0133. The van der Waals surface area contributed by atoms with E-state index in [4.69, 9.17) is 16.3 Å². The first-order chi connectivity index (χ1) is 16.8. The summed E-state index contributed by atoms with van der Waals surface area (Å²) in [5.74, 6) is -0.343. The van der Waals surface area contributed by atoms with Crippen LogP contribution in [0.5, 0.6) is 11.5 Å². The molecule has 1 unspecified atom stereocenters. The number of carbonyl (C=O) groups is 3. The lowest BCUT2D eigenvalue weighted by molar-refractivity contribution is -0.128. The summed E-state index contributed by atoms with van der Waals surface area (Å²) >= 11 is 5.79. The SMILES string of the molecule is CC1CNC(=O)N1Cc1ccc(C(=O)N[C@H]2CC(=O)N(C3CC3)C2)cc1Oc1ccc(Cl)c(F)c1. The van der Waals surface area contributed by atoms with Crippen molar-refractivity contribution < 1.29 is 23.5 Å². The molecule has 3 aliphatic rings. The monoisotopic (exact) mass is 500 g/mol. The molecule has 2 saturated heterocycles. The molecule has 0 aromatic heterocycles. The minimum Gasteiger partial charge on any atom is -0.457 e. The van der Waals surface area contributed by atoms with Gasteiger partial charge in [0.05, 0.1) is 17.6 Å². The number of nitrogens with zero attached hydrogens (tertiary/aromatic N) is 2. The van der Waals surface area contributed by atoms with Gasteiger partial charge in [-0.1, -0.05) is 17.7 Å². The molecule has 0 bridgehead atoms. The number of hydrogen-bond acceptors (Lipinski definition) is 4. The largest absolute Gasteiger partial charge is 0.457 e. The normalized spacial score (nSPS) is 21.9. The minimum atomic E-state index is -0.627. The number of halogens is 2. The summed E-state index contributed by atoms with van der Waals surface area (Å²) in [6.45, 7) is 3.25. The molecule has 2 aromatic carbocycles. The second kappa shape index (κ2) is 9.37. The van der Waals surface area contributed by atoms with Crippen molar-refractivity contribution in [2.45, 2.75) is 50.9 Å². The zero-order valence-corrected chi connectivity index (χ0v) is 20.0. The van der Waals surface area contributed by atoms with Crippen molar-refractivity contribution in [1.82, 2.24) is 20.4 Å². The van der Waals surface area contributed by atoms with Crippen LogP contribution >= 0.6 is 11.6 Å². The molecule has 2 aliphatic heterocycles. The van der Waals surface area contributed by atoms with Gasteiger partial charge in [0.15, 0.2) is 0 Å². The van der Waals surface area contributed by atoms with Crippen LogP contribution in [-0.2, 0) is 11.3 Å². The molecular weight excluding hydrogens is 475 g/mol. The Kier molecular flexibility index (Phi) is 6.27. The third-order valence-electron chi connectivity index (χ3n) is 6.61. The number of carbonyl (C=O) groups excluding carboxylic acids is 3. The van der Waals surface area contributed by atoms with Crippen LogP contribution in [0.1, 0.15) is 42.1 Å². The lowest BCUT2D eigenvalue weighted by atomic mass is 10.1. The van der Waals surface area contributed by atoms with E-state index in [0.29, 0.717) is 36.0 Å². The number of amides is 4. The van der Waals surface area contributed by atoms with E-state index in [1.165, 1.54) is 18.2 Å². The summed E-state index contributed by atoms with van der Waals surface area (Å²) in [5, 5.41) is 5.71. The van der Waals surface area contributed by atoms with Gasteiger partial charge in [-0.05, 0) is 44.0 Å². The fourth-order valence-corrected chi connectivity index (χ4v) is 4.60. The summed E-state index contributed by atoms with van der Waals surface area (Å²) in [4.78, 5) is 41.0. The van der Waals surface area contributed by atoms with Gasteiger partial charge in [-0.25, -0.2) is 9.18 Å². The smallest absolute Gasteiger partial charge is 0.318 e. The summed E-state index contributed by atoms with van der Waals surface area (Å²) in [5.41, 5.74) is 1.01. The number of benzene rings is 2. The Morgan fingerprint density at radius 1 is 1.23 bits per heavy atom. The highest BCUT2D eigenvalue weighted by molar-refractivity contribution is 6.30. The van der Waals surface area contributed by atoms with Gasteiger partial charge < -0.3 is 25.2 Å². The van der Waals surface area contributed by atoms with Crippen LogP contribution in [0.2, 0.25) is 5.02 Å². The van der Waals surface area contributed by atoms with E-state index in [1.807, 2.05) is 11.8 Å². The highest BCUT2D eigenvalue weighted by Crippen LogP contribution is 2.32. The zero-order valence-electron chi connectivity index (χ0n) is 19.2. The van der Waals surface area contributed by atoms with E-state index in [2.05, 4.69) is 10.6 Å². The lowest BCUT2D eigenvalue weighted by Gasteiger charge is -2.22. The molecule has 184 valence electrons. The first-order valence-corrected chi connectivity index (χ1v) is 12.1. The second-order valence-corrected chi connectivity index (χ2v) is 9.72. The lowest BCUT2D eigenvalue weighted by Crippen LogP contribution is -2.37. The number of ether oxygens (including phenoxy) is 1. The second-order valence-electron chi connectivity index (χ2n) is 9.32. The molecule has 2 heterocycles. The maximum Gasteiger partial charge on any atom is 0.318 e. The van der Waals surface area contributed by atoms with E-state index in [-0.39, 0.29) is 53.7 Å². The Morgan fingerprint density at radius 3 is 2.71 bits per heavy atom. The standard InChI is InChI=1S/C25H26ClFN4O4/c1-14-11-28-25(34)30(14)12-16-3-2-15(8-22(16)35-19-6-7-20(26)21(27)10-19)24(33)29-17-9-23(32)31(13-17)18-4-5-18/h2-3,6-8,10,14,17-18H,4-5,9,11-13H2,1H3,(H,28,34)(H,29,33)/t14?,17-/m0/s1. The van der Waals surface area contributed by atoms with Gasteiger partial charge >= 0.3 is 6.03 Å². The van der Waals surface area contributed by atoms with Gasteiger partial charge in [0.25, 0.3) is 5.91 Å². The van der Waals surface area contributed by atoms with Crippen LogP contribution in [0.3, 0.4) is 0 Å². The molecule has 0 radical (unpaired) electrons. The maximum atomic E-state index is 14.0. The van der Waals surface area contributed by atoms with E-state index in [9.17, 15) is 18.8 Å². The number of hydrogen-bond donors (Lipinski definition) is 2. The van der Waals surface area contributed by atoms with Crippen molar-refractivity contribution in [1.29, 1.82) is 0 Å². The van der Waals surface area contributed by atoms with Crippen LogP contribution in [0, 0.1) is 5.82 Å². The van der Waals surface area contributed by atoms with Gasteiger partial charge in [0.1, 0.15) is 17.3 Å². The summed E-state index contributed by atoms with van der Waals surface area (Å²) in [7, 11) is 0. The topological polar surface area (TPSA) is 91.0 Å². The van der Waals surface area contributed by atoms with Gasteiger partial charge in [-0.2, -0.15) is 0 Å². The number of rotatable bonds is 7. The first kappa shape index (κ1) is 23.4. The Hall–Kier alpha value is -3.33. The van der Waals surface area contributed by atoms with Crippen molar-refractivity contribution >= 4 is 29.4 Å². The van der Waals surface area contributed by atoms with Crippen LogP contribution in [0.15, 0.2) is 36.4 Å². The van der Waals surface area contributed by atoms with Crippen LogP contribution in [0.25, 0.3) is 0 Å². The average molecular weight is 501 g/mol. The fourth-order valence-electron chi connectivity index (χ4n) is 4.48. The summed E-state index contributed by atoms with van der Waals surface area (Å²) in [6.07, 6.45) is 2.33. The van der Waals surface area contributed by atoms with E-state index < -0.39 is 5.82 Å². The fraction of sp³-hybridized carbons (Fsp3) is 0.400. The Bertz CT molecular complexity index is 1190. The molecule has 0 spiro atoms. The highest BCUT2D eigenvalue weighted by Gasteiger charge is 2.39. The predicted octanol–water partition coefficient (Wildman–Crippen LogP) is 3.68. The first-order valence-electron chi connectivity index (χ1n) is 11.7. The molecule has 4 amide bonds. The molecule has 35 heavy (non-hydrogen) atoms. The number of likely N-dealkylation sites (tertiary alicyclic amines) is 1.